The third kappa shape index (κ3) is 3.35. The summed E-state index contributed by atoms with van der Waals surface area (Å²) in [6, 6.07) is 8.75. The van der Waals surface area contributed by atoms with E-state index < -0.39 is 29.4 Å². The van der Waals surface area contributed by atoms with Crippen LogP contribution in [0.3, 0.4) is 0 Å². The Morgan fingerprint density at radius 2 is 1.94 bits per heavy atom. The molecule has 5 atom stereocenters. The predicted molar refractivity (Wildman–Crippen MR) is 119 cm³/mol. The van der Waals surface area contributed by atoms with Crippen LogP contribution in [0.25, 0.3) is 0 Å². The monoisotopic (exact) mass is 451 g/mol. The van der Waals surface area contributed by atoms with Crippen LogP contribution in [0.5, 0.6) is 0 Å². The number of fused-ring (bicyclic) bond motifs is 4. The van der Waals surface area contributed by atoms with Crippen LogP contribution < -0.4 is 5.11 Å². The first-order valence-corrected chi connectivity index (χ1v) is 12.2. The molecular weight excluding hydrogens is 420 g/mol. The maximum absolute atomic E-state index is 13.6. The number of nitrogens with zero attached hydrogens (tertiary/aromatic N) is 2. The number of likely N-dealkylation sites (tertiary alicyclic amines) is 1. The fraction of sp³-hybridized carbons (Fsp3) is 0.577. The minimum Gasteiger partial charge on any atom is -0.549 e. The van der Waals surface area contributed by atoms with Crippen molar-refractivity contribution in [2.45, 2.75) is 64.1 Å². The number of hydrogen-bond acceptors (Lipinski definition) is 5. The molecule has 5 rings (SSSR count). The zero-order valence-electron chi connectivity index (χ0n) is 19.1. The lowest BCUT2D eigenvalue weighted by Crippen LogP contribution is -2.66. The molecule has 33 heavy (non-hydrogen) atoms. The molecule has 3 heterocycles. The van der Waals surface area contributed by atoms with E-state index in [0.29, 0.717) is 13.1 Å². The van der Waals surface area contributed by atoms with Crippen LogP contribution in [0, 0.1) is 17.3 Å². The highest BCUT2D eigenvalue weighted by Gasteiger charge is 2.64. The number of ether oxygens (including phenoxy) is 1. The molecule has 3 saturated heterocycles. The quantitative estimate of drug-likeness (QED) is 0.656. The van der Waals surface area contributed by atoms with Crippen LogP contribution >= 0.6 is 0 Å². The van der Waals surface area contributed by atoms with Crippen molar-refractivity contribution >= 4 is 18.0 Å². The topological polar surface area (TPSA) is 90.0 Å². The maximum atomic E-state index is 13.6. The predicted octanol–water partition coefficient (Wildman–Crippen LogP) is 2.50. The number of carbonyl (C=O) groups excluding carboxylic acids is 3. The Kier molecular flexibility index (Phi) is 5.67. The summed E-state index contributed by atoms with van der Waals surface area (Å²) in [4.78, 5) is 43.2. The van der Waals surface area contributed by atoms with Gasteiger partial charge in [-0.2, -0.15) is 0 Å². The van der Waals surface area contributed by atoms with Crippen molar-refractivity contribution in [3.05, 3.63) is 47.5 Å². The molecule has 3 aliphatic heterocycles. The summed E-state index contributed by atoms with van der Waals surface area (Å²) in [5.41, 5.74) is 0.368. The van der Waals surface area contributed by atoms with Crippen LogP contribution in [-0.4, -0.2) is 52.9 Å². The van der Waals surface area contributed by atoms with Crippen LogP contribution in [0.15, 0.2) is 42.0 Å². The summed E-state index contributed by atoms with van der Waals surface area (Å²) in [5, 5.41) is 12.9. The number of carboxylic acid groups (broad SMARTS) is 1. The van der Waals surface area contributed by atoms with Crippen LogP contribution in [0.1, 0.15) is 51.0 Å². The van der Waals surface area contributed by atoms with E-state index in [2.05, 4.69) is 6.08 Å². The Hall–Kier alpha value is -2.83. The van der Waals surface area contributed by atoms with E-state index in [9.17, 15) is 19.5 Å². The Balaban J connectivity index is 1.51. The standard InChI is InChI=1S/C26H32N2O5/c1-2-26(24(30)31)21-19(20-12-6-7-13-27(20)23(21)29)15-18-11-8-14-28(22(18)26)25(32)33-16-17-9-4-3-5-10-17/h3-5,9-10,15,19-22H,2,6-8,11-14,16H2,1H3,(H,30,31)/p-1/t19-,20-,21+,22?,26+/m1/s1. The molecule has 7 heteroatoms. The number of hydrogen-bond donors (Lipinski definition) is 0. The fourth-order valence-electron chi connectivity index (χ4n) is 6.88. The van der Waals surface area contributed by atoms with E-state index in [4.69, 9.17) is 4.74 Å². The van der Waals surface area contributed by atoms with Gasteiger partial charge in [0.15, 0.2) is 0 Å². The highest BCUT2D eigenvalue weighted by molar-refractivity contribution is 5.91. The summed E-state index contributed by atoms with van der Waals surface area (Å²) >= 11 is 0. The lowest BCUT2D eigenvalue weighted by molar-refractivity contribution is -0.325. The van der Waals surface area contributed by atoms with E-state index >= 15 is 0 Å². The number of benzene rings is 1. The maximum Gasteiger partial charge on any atom is 0.410 e. The molecule has 0 bridgehead atoms. The number of piperidine rings is 2. The summed E-state index contributed by atoms with van der Waals surface area (Å²) in [6.45, 7) is 3.01. The van der Waals surface area contributed by atoms with Gasteiger partial charge in [0.1, 0.15) is 6.61 Å². The Morgan fingerprint density at radius 3 is 2.67 bits per heavy atom. The van der Waals surface area contributed by atoms with E-state index in [0.717, 1.165) is 43.2 Å². The minimum atomic E-state index is -1.45. The lowest BCUT2D eigenvalue weighted by Gasteiger charge is -2.55. The second-order valence-electron chi connectivity index (χ2n) is 9.81. The summed E-state index contributed by atoms with van der Waals surface area (Å²) in [6.07, 6.45) is 6.20. The van der Waals surface area contributed by atoms with E-state index in [-0.39, 0.29) is 30.9 Å². The van der Waals surface area contributed by atoms with Crippen molar-refractivity contribution in [1.82, 2.24) is 9.80 Å². The van der Waals surface area contributed by atoms with Gasteiger partial charge in [-0.15, -0.1) is 0 Å². The van der Waals surface area contributed by atoms with Crippen LogP contribution in [-0.2, 0) is 20.9 Å². The molecule has 0 spiro atoms. The molecule has 3 fully saturated rings. The normalized spacial score (nSPS) is 33.0. The van der Waals surface area contributed by atoms with Gasteiger partial charge in [0.05, 0.1) is 17.9 Å². The fourth-order valence-corrected chi connectivity index (χ4v) is 6.88. The van der Waals surface area contributed by atoms with Crippen molar-refractivity contribution in [3.8, 4) is 0 Å². The average Bonchev–Trinajstić information content (AvgIpc) is 3.13. The van der Waals surface area contributed by atoms with Crippen LogP contribution in [0.2, 0.25) is 0 Å². The molecule has 0 aromatic heterocycles. The molecule has 1 unspecified atom stereocenters. The smallest absolute Gasteiger partial charge is 0.410 e. The molecule has 0 N–H and O–H groups in total. The van der Waals surface area contributed by atoms with Gasteiger partial charge in [-0.3, -0.25) is 4.79 Å². The number of carboxylic acids is 1. The minimum absolute atomic E-state index is 0.0513. The van der Waals surface area contributed by atoms with Crippen LogP contribution in [0.4, 0.5) is 4.79 Å². The van der Waals surface area contributed by atoms with Gasteiger partial charge >= 0.3 is 6.09 Å². The first-order valence-electron chi connectivity index (χ1n) is 12.2. The summed E-state index contributed by atoms with van der Waals surface area (Å²) in [7, 11) is 0. The largest absolute Gasteiger partial charge is 0.549 e. The molecule has 1 aromatic carbocycles. The van der Waals surface area contributed by atoms with Gasteiger partial charge in [-0.25, -0.2) is 4.79 Å². The molecule has 1 aliphatic carbocycles. The summed E-state index contributed by atoms with van der Waals surface area (Å²) < 4.78 is 5.62. The van der Waals surface area contributed by atoms with Gasteiger partial charge in [0.25, 0.3) is 0 Å². The molecule has 2 amide bonds. The third-order valence-corrected chi connectivity index (χ3v) is 8.31. The molecule has 0 saturated carbocycles. The van der Waals surface area contributed by atoms with E-state index in [1.807, 2.05) is 42.2 Å². The number of rotatable bonds is 4. The molecule has 7 nitrogen and oxygen atoms in total. The highest BCUT2D eigenvalue weighted by atomic mass is 16.6. The van der Waals surface area contributed by atoms with Crippen molar-refractivity contribution in [2.24, 2.45) is 17.3 Å². The lowest BCUT2D eigenvalue weighted by atomic mass is 9.56. The second kappa shape index (κ2) is 8.50. The van der Waals surface area contributed by atoms with Crippen molar-refractivity contribution in [1.29, 1.82) is 0 Å². The van der Waals surface area contributed by atoms with Crippen molar-refractivity contribution in [3.63, 3.8) is 0 Å². The highest BCUT2D eigenvalue weighted by Crippen LogP contribution is 2.56. The average molecular weight is 452 g/mol. The number of aliphatic carboxylic acids is 1. The van der Waals surface area contributed by atoms with Gasteiger partial charge in [-0.1, -0.05) is 48.9 Å². The zero-order valence-corrected chi connectivity index (χ0v) is 19.1. The Labute approximate surface area is 194 Å². The van der Waals surface area contributed by atoms with E-state index in [1.54, 1.807) is 4.90 Å². The van der Waals surface area contributed by atoms with Gasteiger partial charge in [0, 0.05) is 30.5 Å². The molecule has 1 aromatic rings. The summed E-state index contributed by atoms with van der Waals surface area (Å²) in [5.74, 6) is -2.16. The van der Waals surface area contributed by atoms with Gasteiger partial charge < -0.3 is 24.4 Å². The number of carbonyl (C=O) groups is 3. The Morgan fingerprint density at radius 1 is 1.15 bits per heavy atom. The molecule has 176 valence electrons. The second-order valence-corrected chi connectivity index (χ2v) is 9.81. The van der Waals surface area contributed by atoms with Gasteiger partial charge in [-0.05, 0) is 44.1 Å². The number of amides is 2. The van der Waals surface area contributed by atoms with Gasteiger partial charge in [0.2, 0.25) is 5.91 Å². The van der Waals surface area contributed by atoms with E-state index in [1.165, 1.54) is 0 Å². The van der Waals surface area contributed by atoms with Crippen molar-refractivity contribution < 1.29 is 24.2 Å². The third-order valence-electron chi connectivity index (χ3n) is 8.31. The first kappa shape index (κ1) is 22.0. The zero-order chi connectivity index (χ0) is 23.2. The molecule has 0 radical (unpaired) electrons. The molecule has 4 aliphatic rings. The SMILES string of the molecule is CC[C@@]1(C(=O)[O-])C2C(=C[C@@H]3[C@H]4CCCCN4C(=O)[C@H]31)CCCN2C(=O)OCc1ccccc1. The Bertz CT molecular complexity index is 976. The molecular formula is C26H31N2O5-. The van der Waals surface area contributed by atoms with Crippen molar-refractivity contribution in [2.75, 3.05) is 13.1 Å². The first-order chi connectivity index (χ1) is 16.0.